The first kappa shape index (κ1) is 11.9. The molecule has 1 heteroatoms. The van der Waals surface area contributed by atoms with Crippen molar-refractivity contribution in [3.63, 3.8) is 0 Å². The van der Waals surface area contributed by atoms with E-state index in [4.69, 9.17) is 0 Å². The number of rotatable bonds is 3. The zero-order chi connectivity index (χ0) is 11.4. The van der Waals surface area contributed by atoms with E-state index in [2.05, 4.69) is 37.1 Å². The van der Waals surface area contributed by atoms with Gasteiger partial charge in [0.2, 0.25) is 0 Å². The van der Waals surface area contributed by atoms with Crippen molar-refractivity contribution >= 4 is 0 Å². The van der Waals surface area contributed by atoms with Crippen LogP contribution in [0.3, 0.4) is 0 Å². The minimum atomic E-state index is 0.725. The molecular formula is C15H25N. The standard InChI is InChI=1S/C15H25N/c1-13-8-6-7-11-15(13)16(2)12-14-9-4-3-5-10-14/h6,8-9,13,15H,3-5,7,10-12H2,1-2H3/t13-,15?/m1/s1. The molecule has 0 saturated carbocycles. The van der Waals surface area contributed by atoms with Gasteiger partial charge < -0.3 is 0 Å². The van der Waals surface area contributed by atoms with Crippen LogP contribution in [0.2, 0.25) is 0 Å². The van der Waals surface area contributed by atoms with Crippen molar-refractivity contribution in [2.45, 2.75) is 51.5 Å². The Balaban J connectivity index is 1.89. The van der Waals surface area contributed by atoms with E-state index in [9.17, 15) is 0 Å². The topological polar surface area (TPSA) is 3.24 Å². The molecule has 90 valence electrons. The summed E-state index contributed by atoms with van der Waals surface area (Å²) in [5.41, 5.74) is 1.68. The SMILES string of the molecule is C[C@@H]1C=CCCC1N(C)CC1=CCCCC1. The lowest BCUT2D eigenvalue weighted by atomic mass is 9.90. The Labute approximate surface area is 100 Å². The van der Waals surface area contributed by atoms with E-state index < -0.39 is 0 Å². The summed E-state index contributed by atoms with van der Waals surface area (Å²) in [6, 6.07) is 0.757. The molecular weight excluding hydrogens is 194 g/mol. The van der Waals surface area contributed by atoms with Crippen molar-refractivity contribution in [2.24, 2.45) is 5.92 Å². The number of likely N-dealkylation sites (N-methyl/N-ethyl adjacent to an activating group) is 1. The fourth-order valence-electron chi connectivity index (χ4n) is 3.08. The molecule has 0 aromatic rings. The highest BCUT2D eigenvalue weighted by Crippen LogP contribution is 2.24. The molecule has 2 aliphatic carbocycles. The van der Waals surface area contributed by atoms with Crippen LogP contribution in [-0.4, -0.2) is 24.5 Å². The van der Waals surface area contributed by atoms with E-state index in [1.165, 1.54) is 45.1 Å². The molecule has 0 heterocycles. The van der Waals surface area contributed by atoms with Crippen LogP contribution in [-0.2, 0) is 0 Å². The third-order valence-electron chi connectivity index (χ3n) is 4.08. The first-order chi connectivity index (χ1) is 7.77. The van der Waals surface area contributed by atoms with E-state index in [1.54, 1.807) is 5.57 Å². The highest BCUT2D eigenvalue weighted by Gasteiger charge is 2.22. The lowest BCUT2D eigenvalue weighted by Crippen LogP contribution is -2.38. The van der Waals surface area contributed by atoms with Gasteiger partial charge in [-0.1, -0.05) is 30.7 Å². The van der Waals surface area contributed by atoms with E-state index in [1.807, 2.05) is 0 Å². The molecule has 0 aliphatic heterocycles. The summed E-state index contributed by atoms with van der Waals surface area (Å²) in [6.45, 7) is 3.55. The highest BCUT2D eigenvalue weighted by molar-refractivity contribution is 5.08. The van der Waals surface area contributed by atoms with Gasteiger partial charge in [0.05, 0.1) is 0 Å². The molecule has 1 unspecified atom stereocenters. The van der Waals surface area contributed by atoms with Gasteiger partial charge in [-0.15, -0.1) is 0 Å². The maximum Gasteiger partial charge on any atom is 0.0192 e. The fourth-order valence-corrected chi connectivity index (χ4v) is 3.08. The molecule has 0 saturated heterocycles. The van der Waals surface area contributed by atoms with Crippen LogP contribution >= 0.6 is 0 Å². The molecule has 0 bridgehead atoms. The molecule has 0 N–H and O–H groups in total. The molecule has 1 nitrogen and oxygen atoms in total. The minimum Gasteiger partial charge on any atom is -0.299 e. The number of hydrogen-bond acceptors (Lipinski definition) is 1. The van der Waals surface area contributed by atoms with Crippen LogP contribution in [0.5, 0.6) is 0 Å². The van der Waals surface area contributed by atoms with Crippen molar-refractivity contribution in [1.29, 1.82) is 0 Å². The third kappa shape index (κ3) is 2.98. The summed E-state index contributed by atoms with van der Waals surface area (Å²) >= 11 is 0. The highest BCUT2D eigenvalue weighted by atomic mass is 15.1. The van der Waals surface area contributed by atoms with Gasteiger partial charge in [-0.05, 0) is 51.5 Å². The first-order valence-electron chi connectivity index (χ1n) is 6.82. The van der Waals surface area contributed by atoms with Crippen LogP contribution in [0.1, 0.15) is 45.4 Å². The van der Waals surface area contributed by atoms with Crippen molar-refractivity contribution in [3.05, 3.63) is 23.8 Å². The van der Waals surface area contributed by atoms with Crippen molar-refractivity contribution in [2.75, 3.05) is 13.6 Å². The maximum atomic E-state index is 2.57. The fraction of sp³-hybridized carbons (Fsp3) is 0.733. The van der Waals surface area contributed by atoms with Gasteiger partial charge in [0.15, 0.2) is 0 Å². The summed E-state index contributed by atoms with van der Waals surface area (Å²) in [5, 5.41) is 0. The summed E-state index contributed by atoms with van der Waals surface area (Å²) < 4.78 is 0. The zero-order valence-electron chi connectivity index (χ0n) is 10.8. The van der Waals surface area contributed by atoms with Crippen LogP contribution in [0.25, 0.3) is 0 Å². The Morgan fingerprint density at radius 2 is 2.19 bits per heavy atom. The average molecular weight is 219 g/mol. The molecule has 2 rings (SSSR count). The quantitative estimate of drug-likeness (QED) is 0.653. The Bertz CT molecular complexity index is 277. The summed E-state index contributed by atoms with van der Waals surface area (Å²) in [4.78, 5) is 2.57. The summed E-state index contributed by atoms with van der Waals surface area (Å²) in [7, 11) is 2.30. The Hall–Kier alpha value is -0.560. The molecule has 0 aromatic carbocycles. The number of allylic oxidation sites excluding steroid dienone is 2. The van der Waals surface area contributed by atoms with Crippen LogP contribution in [0, 0.1) is 5.92 Å². The van der Waals surface area contributed by atoms with Crippen molar-refractivity contribution in [3.8, 4) is 0 Å². The zero-order valence-corrected chi connectivity index (χ0v) is 10.8. The molecule has 0 radical (unpaired) electrons. The number of hydrogen-bond donors (Lipinski definition) is 0. The largest absolute Gasteiger partial charge is 0.299 e. The second-order valence-corrected chi connectivity index (χ2v) is 5.46. The van der Waals surface area contributed by atoms with Gasteiger partial charge in [-0.2, -0.15) is 0 Å². The Morgan fingerprint density at radius 3 is 2.88 bits per heavy atom. The second kappa shape index (κ2) is 5.67. The van der Waals surface area contributed by atoms with Crippen LogP contribution < -0.4 is 0 Å². The predicted molar refractivity (Wildman–Crippen MR) is 70.5 cm³/mol. The van der Waals surface area contributed by atoms with Crippen LogP contribution in [0.15, 0.2) is 23.8 Å². The van der Waals surface area contributed by atoms with Crippen molar-refractivity contribution < 1.29 is 0 Å². The molecule has 0 amide bonds. The van der Waals surface area contributed by atoms with E-state index >= 15 is 0 Å². The lowest BCUT2D eigenvalue weighted by molar-refractivity contribution is 0.201. The van der Waals surface area contributed by atoms with Gasteiger partial charge >= 0.3 is 0 Å². The van der Waals surface area contributed by atoms with Gasteiger partial charge in [0, 0.05) is 12.6 Å². The lowest BCUT2D eigenvalue weighted by Gasteiger charge is -2.34. The summed E-state index contributed by atoms with van der Waals surface area (Å²) in [5.74, 6) is 0.725. The van der Waals surface area contributed by atoms with Gasteiger partial charge in [0.25, 0.3) is 0 Å². The molecule has 0 spiro atoms. The average Bonchev–Trinajstić information content (AvgIpc) is 2.31. The predicted octanol–water partition coefficient (Wildman–Crippen LogP) is 3.77. The Kier molecular flexibility index (Phi) is 4.22. The molecule has 2 aliphatic rings. The molecule has 2 atom stereocenters. The monoisotopic (exact) mass is 219 g/mol. The minimum absolute atomic E-state index is 0.725. The first-order valence-corrected chi connectivity index (χ1v) is 6.82. The Morgan fingerprint density at radius 1 is 1.31 bits per heavy atom. The van der Waals surface area contributed by atoms with E-state index in [-0.39, 0.29) is 0 Å². The second-order valence-electron chi connectivity index (χ2n) is 5.46. The van der Waals surface area contributed by atoms with Gasteiger partial charge in [-0.3, -0.25) is 4.90 Å². The van der Waals surface area contributed by atoms with Gasteiger partial charge in [0.1, 0.15) is 0 Å². The smallest absolute Gasteiger partial charge is 0.0192 e. The number of nitrogens with zero attached hydrogens (tertiary/aromatic N) is 1. The van der Waals surface area contributed by atoms with E-state index in [0.717, 1.165) is 12.0 Å². The van der Waals surface area contributed by atoms with Crippen molar-refractivity contribution in [1.82, 2.24) is 4.90 Å². The molecule has 0 fully saturated rings. The van der Waals surface area contributed by atoms with E-state index in [0.29, 0.717) is 0 Å². The van der Waals surface area contributed by atoms with Crippen LogP contribution in [0.4, 0.5) is 0 Å². The van der Waals surface area contributed by atoms with Gasteiger partial charge in [-0.25, -0.2) is 0 Å². The maximum absolute atomic E-state index is 2.57. The molecule has 0 aromatic heterocycles. The molecule has 16 heavy (non-hydrogen) atoms. The summed E-state index contributed by atoms with van der Waals surface area (Å²) in [6.07, 6.45) is 15.2. The normalized spacial score (nSPS) is 30.6. The third-order valence-corrected chi connectivity index (χ3v) is 4.08.